The van der Waals surface area contributed by atoms with Crippen molar-refractivity contribution in [2.24, 2.45) is 5.73 Å². The zero-order valence-corrected chi connectivity index (χ0v) is 11.8. The van der Waals surface area contributed by atoms with Gasteiger partial charge < -0.3 is 20.9 Å². The van der Waals surface area contributed by atoms with E-state index in [4.69, 9.17) is 22.7 Å². The minimum Gasteiger partial charge on any atom is -0.507 e. The number of thiocarbonyl (C=S) groups is 1. The number of ether oxygens (including phenoxy) is 1. The number of benzene rings is 1. The summed E-state index contributed by atoms with van der Waals surface area (Å²) in [4.78, 5) is 12.4. The molecule has 1 amide bonds. The Morgan fingerprint density at radius 2 is 2.26 bits per heavy atom. The van der Waals surface area contributed by atoms with Gasteiger partial charge in [0, 0.05) is 12.5 Å². The molecule has 1 rings (SSSR count). The first kappa shape index (κ1) is 15.2. The maximum atomic E-state index is 12.1. The zero-order valence-electron chi connectivity index (χ0n) is 11.0. The number of aromatic hydroxyl groups is 1. The molecule has 0 aliphatic heterocycles. The Balaban J connectivity index is 2.84. The van der Waals surface area contributed by atoms with Crippen LogP contribution in [0, 0.1) is 0 Å². The number of phenolic OH excluding ortho intramolecular Hbond substituents is 1. The summed E-state index contributed by atoms with van der Waals surface area (Å²) in [6.07, 6.45) is 1.14. The number of nitrogens with two attached hydrogens (primary N) is 1. The number of carbonyl (C=O) groups is 1. The molecule has 0 spiro atoms. The van der Waals surface area contributed by atoms with Crippen molar-refractivity contribution in [3.63, 3.8) is 0 Å². The maximum Gasteiger partial charge on any atom is 0.255 e. The van der Waals surface area contributed by atoms with Gasteiger partial charge in [-0.2, -0.15) is 0 Å². The van der Waals surface area contributed by atoms with Crippen LogP contribution in [0.15, 0.2) is 18.2 Å². The van der Waals surface area contributed by atoms with Crippen LogP contribution in [-0.2, 0) is 0 Å². The van der Waals surface area contributed by atoms with Gasteiger partial charge in [0.1, 0.15) is 11.5 Å². The molecule has 19 heavy (non-hydrogen) atoms. The number of hydrogen-bond donors (Lipinski definition) is 3. The molecular formula is C13H18N2O3S. The molecule has 0 bridgehead atoms. The first-order valence-corrected chi connectivity index (χ1v) is 6.35. The molecular weight excluding hydrogens is 264 g/mol. The Morgan fingerprint density at radius 3 is 2.79 bits per heavy atom. The molecule has 0 heterocycles. The highest BCUT2D eigenvalue weighted by molar-refractivity contribution is 7.80. The Kier molecular flexibility index (Phi) is 5.57. The highest BCUT2D eigenvalue weighted by Gasteiger charge is 2.16. The molecule has 0 aliphatic carbocycles. The van der Waals surface area contributed by atoms with Crippen LogP contribution in [0.4, 0.5) is 0 Å². The molecule has 6 heteroatoms. The summed E-state index contributed by atoms with van der Waals surface area (Å²) in [5.41, 5.74) is 5.64. The third kappa shape index (κ3) is 4.40. The molecule has 0 aromatic heterocycles. The van der Waals surface area contributed by atoms with E-state index in [1.54, 1.807) is 6.07 Å². The lowest BCUT2D eigenvalue weighted by atomic mass is 10.1. The molecule has 0 radical (unpaired) electrons. The van der Waals surface area contributed by atoms with Gasteiger partial charge in [-0.05, 0) is 24.6 Å². The van der Waals surface area contributed by atoms with Gasteiger partial charge in [0.05, 0.1) is 17.7 Å². The Hall–Kier alpha value is -1.82. The molecule has 0 aliphatic rings. The van der Waals surface area contributed by atoms with Crippen molar-refractivity contribution in [1.29, 1.82) is 0 Å². The Morgan fingerprint density at radius 1 is 1.58 bits per heavy atom. The second kappa shape index (κ2) is 6.94. The van der Waals surface area contributed by atoms with Gasteiger partial charge in [-0.25, -0.2) is 0 Å². The molecule has 0 saturated heterocycles. The number of amides is 1. The van der Waals surface area contributed by atoms with E-state index in [9.17, 15) is 9.90 Å². The van der Waals surface area contributed by atoms with Crippen LogP contribution in [0.3, 0.4) is 0 Å². The molecule has 0 fully saturated rings. The zero-order chi connectivity index (χ0) is 14.4. The number of hydrogen-bond acceptors (Lipinski definition) is 4. The normalized spacial score (nSPS) is 11.7. The first-order valence-electron chi connectivity index (χ1n) is 5.94. The smallest absolute Gasteiger partial charge is 0.255 e. The highest BCUT2D eigenvalue weighted by atomic mass is 32.1. The van der Waals surface area contributed by atoms with Crippen molar-refractivity contribution in [2.75, 3.05) is 7.11 Å². The van der Waals surface area contributed by atoms with Gasteiger partial charge in [-0.15, -0.1) is 0 Å². The van der Waals surface area contributed by atoms with E-state index in [-0.39, 0.29) is 23.3 Å². The van der Waals surface area contributed by atoms with Crippen molar-refractivity contribution in [2.45, 2.75) is 25.8 Å². The van der Waals surface area contributed by atoms with Crippen LogP contribution in [0.25, 0.3) is 0 Å². The van der Waals surface area contributed by atoms with E-state index >= 15 is 0 Å². The second-order valence-electron chi connectivity index (χ2n) is 4.13. The van der Waals surface area contributed by atoms with Gasteiger partial charge in [0.15, 0.2) is 0 Å². The summed E-state index contributed by atoms with van der Waals surface area (Å²) >= 11 is 4.83. The van der Waals surface area contributed by atoms with Crippen LogP contribution < -0.4 is 15.8 Å². The fourth-order valence-corrected chi connectivity index (χ4v) is 1.83. The summed E-state index contributed by atoms with van der Waals surface area (Å²) in [7, 11) is 1.50. The topological polar surface area (TPSA) is 84.6 Å². The third-order valence-corrected chi connectivity index (χ3v) is 2.89. The van der Waals surface area contributed by atoms with E-state index in [0.717, 1.165) is 0 Å². The molecule has 5 nitrogen and oxygen atoms in total. The van der Waals surface area contributed by atoms with Crippen LogP contribution in [0.5, 0.6) is 11.5 Å². The fourth-order valence-electron chi connectivity index (χ4n) is 1.63. The van der Waals surface area contributed by atoms with E-state index < -0.39 is 0 Å². The predicted octanol–water partition coefficient (Wildman–Crippen LogP) is 1.59. The monoisotopic (exact) mass is 282 g/mol. The standard InChI is InChI=1S/C13H18N2O3S/c1-3-8(6-12(14)19)15-13(17)10-7-9(18-2)4-5-11(10)16/h4-5,7-8,16H,3,6H2,1-2H3,(H2,14,19)(H,15,17). The van der Waals surface area contributed by atoms with Gasteiger partial charge in [0.25, 0.3) is 5.91 Å². The van der Waals surface area contributed by atoms with Gasteiger partial charge in [-0.1, -0.05) is 19.1 Å². The van der Waals surface area contributed by atoms with E-state index in [1.807, 2.05) is 6.92 Å². The summed E-state index contributed by atoms with van der Waals surface area (Å²) < 4.78 is 5.02. The average molecular weight is 282 g/mol. The quantitative estimate of drug-likeness (QED) is 0.690. The molecule has 1 aromatic carbocycles. The third-order valence-electron chi connectivity index (χ3n) is 2.72. The lowest BCUT2D eigenvalue weighted by Gasteiger charge is -2.17. The van der Waals surface area contributed by atoms with Crippen LogP contribution in [0.2, 0.25) is 0 Å². The van der Waals surface area contributed by atoms with Crippen LogP contribution >= 0.6 is 12.2 Å². The minimum absolute atomic E-state index is 0.0940. The van der Waals surface area contributed by atoms with E-state index in [2.05, 4.69) is 5.32 Å². The molecule has 104 valence electrons. The second-order valence-corrected chi connectivity index (χ2v) is 4.66. The van der Waals surface area contributed by atoms with Crippen molar-refractivity contribution in [1.82, 2.24) is 5.32 Å². The largest absolute Gasteiger partial charge is 0.507 e. The summed E-state index contributed by atoms with van der Waals surface area (Å²) in [5, 5.41) is 12.5. The summed E-state index contributed by atoms with van der Waals surface area (Å²) in [6.45, 7) is 1.93. The van der Waals surface area contributed by atoms with Crippen molar-refractivity contribution >= 4 is 23.1 Å². The number of carbonyl (C=O) groups excluding carboxylic acids is 1. The van der Waals surface area contributed by atoms with Gasteiger partial charge in [-0.3, -0.25) is 4.79 Å². The minimum atomic E-state index is -0.375. The van der Waals surface area contributed by atoms with Crippen molar-refractivity contribution < 1.29 is 14.6 Å². The molecule has 1 unspecified atom stereocenters. The van der Waals surface area contributed by atoms with Gasteiger partial charge in [0.2, 0.25) is 0 Å². The number of phenols is 1. The molecule has 4 N–H and O–H groups in total. The average Bonchev–Trinajstić information content (AvgIpc) is 2.37. The number of methoxy groups -OCH3 is 1. The van der Waals surface area contributed by atoms with Crippen molar-refractivity contribution in [3.8, 4) is 11.5 Å². The van der Waals surface area contributed by atoms with Crippen LogP contribution in [-0.4, -0.2) is 29.2 Å². The van der Waals surface area contributed by atoms with E-state index in [1.165, 1.54) is 19.2 Å². The molecule has 0 saturated carbocycles. The number of rotatable bonds is 6. The lowest BCUT2D eigenvalue weighted by Crippen LogP contribution is -2.37. The van der Waals surface area contributed by atoms with Crippen LogP contribution in [0.1, 0.15) is 30.1 Å². The molecule has 1 aromatic rings. The van der Waals surface area contributed by atoms with E-state index in [0.29, 0.717) is 23.6 Å². The Labute approximate surface area is 117 Å². The SMILES string of the molecule is CCC(CC(N)=S)NC(=O)c1cc(OC)ccc1O. The van der Waals surface area contributed by atoms with Gasteiger partial charge >= 0.3 is 0 Å². The highest BCUT2D eigenvalue weighted by Crippen LogP contribution is 2.22. The lowest BCUT2D eigenvalue weighted by molar-refractivity contribution is 0.0934. The van der Waals surface area contributed by atoms with Crippen molar-refractivity contribution in [3.05, 3.63) is 23.8 Å². The Bertz CT molecular complexity index is 477. The first-order chi connectivity index (χ1) is 8.97. The molecule has 1 atom stereocenters. The summed E-state index contributed by atoms with van der Waals surface area (Å²) in [6, 6.07) is 4.34. The fraction of sp³-hybridized carbons (Fsp3) is 0.385. The number of nitrogens with one attached hydrogen (secondary N) is 1. The predicted molar refractivity (Wildman–Crippen MR) is 77.6 cm³/mol. The maximum absolute atomic E-state index is 12.1. The summed E-state index contributed by atoms with van der Waals surface area (Å²) in [5.74, 6) is 0.0355.